The molecule has 2 N–H and O–H groups in total. The second-order valence-electron chi connectivity index (χ2n) is 8.36. The van der Waals surface area contributed by atoms with Crippen LogP contribution in [0.25, 0.3) is 0 Å². The summed E-state index contributed by atoms with van der Waals surface area (Å²) in [6, 6.07) is 8.69. The third-order valence-electron chi connectivity index (χ3n) is 6.02. The van der Waals surface area contributed by atoms with Gasteiger partial charge in [-0.2, -0.15) is 0 Å². The summed E-state index contributed by atoms with van der Waals surface area (Å²) in [6.45, 7) is 11.4. The zero-order chi connectivity index (χ0) is 22.5. The van der Waals surface area contributed by atoms with Crippen molar-refractivity contribution in [1.82, 2.24) is 20.4 Å². The van der Waals surface area contributed by atoms with Crippen molar-refractivity contribution in [2.75, 3.05) is 67.1 Å². The van der Waals surface area contributed by atoms with Crippen LogP contribution in [0.15, 0.2) is 29.3 Å². The molecule has 0 saturated carbocycles. The number of aliphatic imine (C=N–C) groups is 1. The van der Waals surface area contributed by atoms with Gasteiger partial charge in [-0.15, -0.1) is 0 Å². The molecule has 0 aliphatic carbocycles. The number of nitrogens with zero attached hydrogens (tertiary/aromatic N) is 3. The fourth-order valence-electron chi connectivity index (χ4n) is 4.07. The van der Waals surface area contributed by atoms with E-state index < -0.39 is 0 Å². The number of hydrogen-bond acceptors (Lipinski definition) is 5. The first-order chi connectivity index (χ1) is 15.1. The summed E-state index contributed by atoms with van der Waals surface area (Å²) in [5, 5.41) is 7.04. The number of guanidine groups is 1. The molecular formula is C24H43N5O2. The van der Waals surface area contributed by atoms with Gasteiger partial charge in [0, 0.05) is 51.4 Å². The predicted octanol–water partition coefficient (Wildman–Crippen LogP) is 2.43. The summed E-state index contributed by atoms with van der Waals surface area (Å²) in [6.07, 6.45) is 2.37. The molecule has 0 spiro atoms. The van der Waals surface area contributed by atoms with Crippen LogP contribution in [0.5, 0.6) is 5.75 Å². The summed E-state index contributed by atoms with van der Waals surface area (Å²) in [5.41, 5.74) is 1.13. The van der Waals surface area contributed by atoms with Crippen molar-refractivity contribution < 1.29 is 9.47 Å². The highest BCUT2D eigenvalue weighted by Crippen LogP contribution is 2.20. The summed E-state index contributed by atoms with van der Waals surface area (Å²) in [4.78, 5) is 9.15. The molecule has 1 aliphatic rings. The largest absolute Gasteiger partial charge is 0.492 e. The monoisotopic (exact) mass is 433 g/mol. The van der Waals surface area contributed by atoms with Gasteiger partial charge in [0.05, 0.1) is 13.2 Å². The number of benzene rings is 1. The summed E-state index contributed by atoms with van der Waals surface area (Å²) in [5.74, 6) is 2.41. The third kappa shape index (κ3) is 8.67. The van der Waals surface area contributed by atoms with E-state index >= 15 is 0 Å². The van der Waals surface area contributed by atoms with Crippen LogP contribution in [-0.2, 0) is 11.3 Å². The van der Waals surface area contributed by atoms with Crippen LogP contribution in [0.2, 0.25) is 0 Å². The second-order valence-corrected chi connectivity index (χ2v) is 8.36. The first kappa shape index (κ1) is 25.4. The topological polar surface area (TPSA) is 61.4 Å². The first-order valence-electron chi connectivity index (χ1n) is 11.7. The van der Waals surface area contributed by atoms with Gasteiger partial charge in [-0.05, 0) is 26.1 Å². The van der Waals surface area contributed by atoms with E-state index in [0.29, 0.717) is 25.1 Å². The third-order valence-corrected chi connectivity index (χ3v) is 6.02. The van der Waals surface area contributed by atoms with Gasteiger partial charge in [0.25, 0.3) is 0 Å². The van der Waals surface area contributed by atoms with E-state index in [1.54, 1.807) is 0 Å². The van der Waals surface area contributed by atoms with Crippen LogP contribution >= 0.6 is 0 Å². The molecule has 1 saturated heterocycles. The number of morpholine rings is 1. The number of para-hydroxylation sites is 1. The van der Waals surface area contributed by atoms with Gasteiger partial charge in [-0.1, -0.05) is 44.9 Å². The zero-order valence-electron chi connectivity index (χ0n) is 20.2. The lowest BCUT2D eigenvalue weighted by molar-refractivity contribution is 0.00272. The molecular weight excluding hydrogens is 390 g/mol. The fourth-order valence-corrected chi connectivity index (χ4v) is 4.07. The Morgan fingerprint density at radius 3 is 2.52 bits per heavy atom. The lowest BCUT2D eigenvalue weighted by atomic mass is 9.92. The molecule has 1 aliphatic heterocycles. The number of ether oxygens (including phenoxy) is 2. The summed E-state index contributed by atoms with van der Waals surface area (Å²) >= 11 is 0. The Morgan fingerprint density at radius 2 is 1.87 bits per heavy atom. The van der Waals surface area contributed by atoms with E-state index in [1.165, 1.54) is 12.8 Å². The average molecular weight is 434 g/mol. The molecule has 1 fully saturated rings. The van der Waals surface area contributed by atoms with Gasteiger partial charge in [0.15, 0.2) is 5.96 Å². The molecule has 1 aromatic carbocycles. The van der Waals surface area contributed by atoms with Crippen molar-refractivity contribution in [3.8, 4) is 5.75 Å². The summed E-state index contributed by atoms with van der Waals surface area (Å²) < 4.78 is 11.6. The van der Waals surface area contributed by atoms with Crippen LogP contribution in [-0.4, -0.2) is 88.9 Å². The number of hydrogen-bond donors (Lipinski definition) is 2. The Balaban J connectivity index is 1.92. The van der Waals surface area contributed by atoms with Crippen LogP contribution in [0, 0.1) is 5.92 Å². The average Bonchev–Trinajstić information content (AvgIpc) is 2.79. The maximum absolute atomic E-state index is 5.99. The Morgan fingerprint density at radius 1 is 1.16 bits per heavy atom. The second kappa shape index (κ2) is 14.3. The lowest BCUT2D eigenvalue weighted by Gasteiger charge is -2.39. The van der Waals surface area contributed by atoms with E-state index in [2.05, 4.69) is 59.4 Å². The van der Waals surface area contributed by atoms with E-state index in [-0.39, 0.29) is 0 Å². The molecule has 176 valence electrons. The van der Waals surface area contributed by atoms with Gasteiger partial charge in [0.1, 0.15) is 12.4 Å². The minimum Gasteiger partial charge on any atom is -0.492 e. The van der Waals surface area contributed by atoms with E-state index in [4.69, 9.17) is 9.47 Å². The SMILES string of the molecule is CCC(CC)C(CNC(=NC)NCc1ccccc1OCCN(C)C)N1CCOCC1. The maximum atomic E-state index is 5.99. The predicted molar refractivity (Wildman–Crippen MR) is 129 cm³/mol. The zero-order valence-corrected chi connectivity index (χ0v) is 20.2. The van der Waals surface area contributed by atoms with Crippen molar-refractivity contribution in [2.45, 2.75) is 39.3 Å². The van der Waals surface area contributed by atoms with Gasteiger partial charge in [-0.25, -0.2) is 0 Å². The molecule has 0 radical (unpaired) electrons. The smallest absolute Gasteiger partial charge is 0.191 e. The van der Waals surface area contributed by atoms with Crippen LogP contribution in [0.1, 0.15) is 32.3 Å². The number of rotatable bonds is 12. The van der Waals surface area contributed by atoms with Crippen molar-refractivity contribution in [2.24, 2.45) is 10.9 Å². The van der Waals surface area contributed by atoms with Crippen LogP contribution < -0.4 is 15.4 Å². The standard InChI is InChI=1S/C24H43N5O2/c1-6-20(7-2)22(29-13-15-30-16-14-29)19-27-24(25-3)26-18-21-10-8-9-11-23(21)31-17-12-28(4)5/h8-11,20,22H,6-7,12-19H2,1-5H3,(H2,25,26,27). The van der Waals surface area contributed by atoms with Crippen LogP contribution in [0.3, 0.4) is 0 Å². The van der Waals surface area contributed by atoms with Crippen LogP contribution in [0.4, 0.5) is 0 Å². The van der Waals surface area contributed by atoms with Gasteiger partial charge in [-0.3, -0.25) is 9.89 Å². The maximum Gasteiger partial charge on any atom is 0.191 e. The van der Waals surface area contributed by atoms with Gasteiger partial charge >= 0.3 is 0 Å². The molecule has 1 aromatic rings. The molecule has 1 unspecified atom stereocenters. The molecule has 7 nitrogen and oxygen atoms in total. The number of likely N-dealkylation sites (N-methyl/N-ethyl adjacent to an activating group) is 1. The Kier molecular flexibility index (Phi) is 11.7. The summed E-state index contributed by atoms with van der Waals surface area (Å²) in [7, 11) is 5.94. The van der Waals surface area contributed by atoms with Crippen molar-refractivity contribution in [3.05, 3.63) is 29.8 Å². The molecule has 0 bridgehead atoms. The van der Waals surface area contributed by atoms with Crippen molar-refractivity contribution >= 4 is 5.96 Å². The first-order valence-corrected chi connectivity index (χ1v) is 11.7. The van der Waals surface area contributed by atoms with E-state index in [9.17, 15) is 0 Å². The van der Waals surface area contributed by atoms with E-state index in [0.717, 1.165) is 56.7 Å². The van der Waals surface area contributed by atoms with Crippen molar-refractivity contribution in [3.63, 3.8) is 0 Å². The molecule has 31 heavy (non-hydrogen) atoms. The molecule has 2 rings (SSSR count). The van der Waals surface area contributed by atoms with Gasteiger partial charge < -0.3 is 25.0 Å². The highest BCUT2D eigenvalue weighted by Gasteiger charge is 2.27. The minimum atomic E-state index is 0.485. The van der Waals surface area contributed by atoms with Gasteiger partial charge in [0.2, 0.25) is 0 Å². The normalized spacial score (nSPS) is 16.5. The molecule has 1 atom stereocenters. The molecule has 1 heterocycles. The highest BCUT2D eigenvalue weighted by molar-refractivity contribution is 5.79. The Bertz CT molecular complexity index is 643. The molecule has 7 heteroatoms. The Labute approximate surface area is 189 Å². The highest BCUT2D eigenvalue weighted by atomic mass is 16.5. The van der Waals surface area contributed by atoms with E-state index in [1.807, 2.05) is 25.2 Å². The minimum absolute atomic E-state index is 0.485. The molecule has 0 aromatic heterocycles. The fraction of sp³-hybridized carbons (Fsp3) is 0.708. The Hall–Kier alpha value is -1.83. The van der Waals surface area contributed by atoms with Crippen molar-refractivity contribution in [1.29, 1.82) is 0 Å². The number of nitrogens with one attached hydrogen (secondary N) is 2. The quantitative estimate of drug-likeness (QED) is 0.390. The lowest BCUT2D eigenvalue weighted by Crippen LogP contribution is -2.53. The molecule has 0 amide bonds.